The first-order valence-electron chi connectivity index (χ1n) is 6.72. The molecule has 1 aromatic heterocycles. The van der Waals surface area contributed by atoms with Crippen LogP contribution in [0.3, 0.4) is 0 Å². The Morgan fingerprint density at radius 3 is 3.05 bits per heavy atom. The summed E-state index contributed by atoms with van der Waals surface area (Å²) in [7, 11) is 0. The number of likely N-dealkylation sites (tertiary alicyclic amines) is 1. The highest BCUT2D eigenvalue weighted by Gasteiger charge is 2.24. The molecule has 1 amide bonds. The lowest BCUT2D eigenvalue weighted by atomic mass is 10.0. The van der Waals surface area contributed by atoms with Crippen LogP contribution in [0.15, 0.2) is 28.7 Å². The fourth-order valence-electron chi connectivity index (χ4n) is 2.70. The molecule has 0 radical (unpaired) electrons. The highest BCUT2D eigenvalue weighted by atomic mass is 16.3. The third-order valence-corrected chi connectivity index (χ3v) is 3.70. The molecule has 1 saturated heterocycles. The van der Waals surface area contributed by atoms with Crippen molar-refractivity contribution in [1.29, 1.82) is 0 Å². The van der Waals surface area contributed by atoms with Crippen LogP contribution in [0.1, 0.15) is 30.3 Å². The van der Waals surface area contributed by atoms with Crippen molar-refractivity contribution in [2.24, 2.45) is 5.92 Å². The molecule has 19 heavy (non-hydrogen) atoms. The Labute approximate surface area is 112 Å². The van der Waals surface area contributed by atoms with Gasteiger partial charge >= 0.3 is 0 Å². The van der Waals surface area contributed by atoms with E-state index < -0.39 is 0 Å². The summed E-state index contributed by atoms with van der Waals surface area (Å²) in [5.74, 6) is 0.966. The molecule has 2 aromatic rings. The number of piperidine rings is 1. The standard InChI is InChI=1S/C15H18N2O2/c1-10-3-2-6-17(9-10)15(18)14-8-11-7-12(16)4-5-13(11)19-14/h4-5,7-8,10H,2-3,6,9,16H2,1H3. The van der Waals surface area contributed by atoms with Crippen LogP contribution in [0, 0.1) is 5.92 Å². The van der Waals surface area contributed by atoms with E-state index in [4.69, 9.17) is 10.2 Å². The molecule has 1 aliphatic heterocycles. The van der Waals surface area contributed by atoms with Gasteiger partial charge in [0.2, 0.25) is 0 Å². The number of nitrogens with two attached hydrogens (primary N) is 1. The number of hydrogen-bond donors (Lipinski definition) is 1. The molecule has 0 bridgehead atoms. The number of carbonyl (C=O) groups is 1. The fourth-order valence-corrected chi connectivity index (χ4v) is 2.70. The third-order valence-electron chi connectivity index (χ3n) is 3.70. The molecule has 0 aliphatic carbocycles. The van der Waals surface area contributed by atoms with Crippen molar-refractivity contribution in [2.75, 3.05) is 18.8 Å². The number of carbonyl (C=O) groups excluding carboxylic acids is 1. The minimum absolute atomic E-state index is 0.0127. The van der Waals surface area contributed by atoms with Crippen molar-refractivity contribution in [3.05, 3.63) is 30.0 Å². The van der Waals surface area contributed by atoms with Crippen LogP contribution in [0.4, 0.5) is 5.69 Å². The minimum atomic E-state index is -0.0127. The van der Waals surface area contributed by atoms with Crippen molar-refractivity contribution < 1.29 is 9.21 Å². The number of rotatable bonds is 1. The van der Waals surface area contributed by atoms with Crippen LogP contribution in [-0.2, 0) is 0 Å². The maximum Gasteiger partial charge on any atom is 0.289 e. The lowest BCUT2D eigenvalue weighted by Crippen LogP contribution is -2.38. The lowest BCUT2D eigenvalue weighted by Gasteiger charge is -2.30. The molecule has 2 N–H and O–H groups in total. The molecule has 4 nitrogen and oxygen atoms in total. The van der Waals surface area contributed by atoms with Gasteiger partial charge in [0, 0.05) is 24.2 Å². The predicted molar refractivity (Wildman–Crippen MR) is 74.9 cm³/mol. The van der Waals surface area contributed by atoms with E-state index >= 15 is 0 Å². The van der Waals surface area contributed by atoms with Gasteiger partial charge in [-0.2, -0.15) is 0 Å². The molecular weight excluding hydrogens is 240 g/mol. The highest BCUT2D eigenvalue weighted by molar-refractivity contribution is 5.96. The zero-order valence-corrected chi connectivity index (χ0v) is 11.1. The molecule has 0 saturated carbocycles. The molecule has 0 spiro atoms. The van der Waals surface area contributed by atoms with Gasteiger partial charge in [0.25, 0.3) is 5.91 Å². The number of fused-ring (bicyclic) bond motifs is 1. The summed E-state index contributed by atoms with van der Waals surface area (Å²) < 4.78 is 5.63. The van der Waals surface area contributed by atoms with Crippen molar-refractivity contribution in [1.82, 2.24) is 4.90 Å². The van der Waals surface area contributed by atoms with Crippen LogP contribution < -0.4 is 5.73 Å². The lowest BCUT2D eigenvalue weighted by molar-refractivity contribution is 0.0653. The molecule has 1 aromatic carbocycles. The Bertz CT molecular complexity index is 618. The largest absolute Gasteiger partial charge is 0.451 e. The summed E-state index contributed by atoms with van der Waals surface area (Å²) in [6.45, 7) is 3.82. The number of nitrogens with zero attached hydrogens (tertiary/aromatic N) is 1. The second-order valence-electron chi connectivity index (χ2n) is 5.41. The maximum atomic E-state index is 12.4. The van der Waals surface area contributed by atoms with Crippen LogP contribution in [-0.4, -0.2) is 23.9 Å². The van der Waals surface area contributed by atoms with Gasteiger partial charge in [-0.25, -0.2) is 0 Å². The maximum absolute atomic E-state index is 12.4. The molecule has 100 valence electrons. The quantitative estimate of drug-likeness (QED) is 0.800. The van der Waals surface area contributed by atoms with E-state index in [-0.39, 0.29) is 5.91 Å². The summed E-state index contributed by atoms with van der Waals surface area (Å²) >= 11 is 0. The summed E-state index contributed by atoms with van der Waals surface area (Å²) in [5, 5.41) is 0.883. The topological polar surface area (TPSA) is 59.5 Å². The zero-order valence-electron chi connectivity index (χ0n) is 11.1. The zero-order chi connectivity index (χ0) is 13.4. The Kier molecular flexibility index (Phi) is 2.93. The minimum Gasteiger partial charge on any atom is -0.451 e. The van der Waals surface area contributed by atoms with Gasteiger partial charge in [0.05, 0.1) is 0 Å². The SMILES string of the molecule is CC1CCCN(C(=O)c2cc3cc(N)ccc3o2)C1. The van der Waals surface area contributed by atoms with Gasteiger partial charge in [-0.3, -0.25) is 4.79 Å². The molecule has 4 heteroatoms. The van der Waals surface area contributed by atoms with E-state index in [2.05, 4.69) is 6.92 Å². The average Bonchev–Trinajstić information content (AvgIpc) is 2.80. The molecule has 1 unspecified atom stereocenters. The van der Waals surface area contributed by atoms with E-state index in [1.165, 1.54) is 6.42 Å². The van der Waals surface area contributed by atoms with Crippen molar-refractivity contribution in [3.63, 3.8) is 0 Å². The number of furan rings is 1. The van der Waals surface area contributed by atoms with Crippen LogP contribution in [0.2, 0.25) is 0 Å². The van der Waals surface area contributed by atoms with Crippen LogP contribution >= 0.6 is 0 Å². The molecule has 1 aliphatic rings. The van der Waals surface area contributed by atoms with Gasteiger partial charge in [0.15, 0.2) is 5.76 Å². The van der Waals surface area contributed by atoms with E-state index in [0.717, 1.165) is 24.9 Å². The van der Waals surface area contributed by atoms with Crippen molar-refractivity contribution in [2.45, 2.75) is 19.8 Å². The van der Waals surface area contributed by atoms with Gasteiger partial charge in [0.1, 0.15) is 5.58 Å². The van der Waals surface area contributed by atoms with Gasteiger partial charge in [-0.15, -0.1) is 0 Å². The van der Waals surface area contributed by atoms with E-state index in [0.29, 0.717) is 22.9 Å². The number of nitrogen functional groups attached to an aromatic ring is 1. The normalized spacial score (nSPS) is 19.8. The summed E-state index contributed by atoms with van der Waals surface area (Å²) in [6, 6.07) is 7.20. The predicted octanol–water partition coefficient (Wildman–Crippen LogP) is 2.89. The van der Waals surface area contributed by atoms with Gasteiger partial charge in [-0.1, -0.05) is 6.92 Å². The summed E-state index contributed by atoms with van der Waals surface area (Å²) in [6.07, 6.45) is 2.26. The van der Waals surface area contributed by atoms with E-state index in [9.17, 15) is 4.79 Å². The van der Waals surface area contributed by atoms with E-state index in [1.54, 1.807) is 18.2 Å². The fraction of sp³-hybridized carbons (Fsp3) is 0.400. The monoisotopic (exact) mass is 258 g/mol. The number of amides is 1. The van der Waals surface area contributed by atoms with Crippen molar-refractivity contribution in [3.8, 4) is 0 Å². The Balaban J connectivity index is 1.88. The Morgan fingerprint density at radius 2 is 2.26 bits per heavy atom. The van der Waals surface area contributed by atoms with Crippen LogP contribution in [0.25, 0.3) is 11.0 Å². The summed E-state index contributed by atoms with van der Waals surface area (Å²) in [5.41, 5.74) is 7.12. The smallest absolute Gasteiger partial charge is 0.289 e. The second kappa shape index (κ2) is 4.61. The Hall–Kier alpha value is -1.97. The molecule has 2 heterocycles. The summed E-state index contributed by atoms with van der Waals surface area (Å²) in [4.78, 5) is 14.3. The molecular formula is C15H18N2O2. The van der Waals surface area contributed by atoms with Crippen LogP contribution in [0.5, 0.6) is 0 Å². The van der Waals surface area contributed by atoms with Crippen molar-refractivity contribution >= 4 is 22.6 Å². The molecule has 3 rings (SSSR count). The first kappa shape index (κ1) is 12.1. The van der Waals surface area contributed by atoms with Gasteiger partial charge < -0.3 is 15.1 Å². The highest BCUT2D eigenvalue weighted by Crippen LogP contribution is 2.24. The van der Waals surface area contributed by atoms with E-state index in [1.807, 2.05) is 11.0 Å². The number of hydrogen-bond acceptors (Lipinski definition) is 3. The molecule has 1 fully saturated rings. The average molecular weight is 258 g/mol. The number of anilines is 1. The Morgan fingerprint density at radius 1 is 1.42 bits per heavy atom. The van der Waals surface area contributed by atoms with Gasteiger partial charge in [-0.05, 0) is 43.0 Å². The second-order valence-corrected chi connectivity index (χ2v) is 5.41. The third kappa shape index (κ3) is 2.30. The number of benzene rings is 1. The molecule has 1 atom stereocenters. The first-order chi connectivity index (χ1) is 9.13. The first-order valence-corrected chi connectivity index (χ1v) is 6.72.